The van der Waals surface area contributed by atoms with Gasteiger partial charge >= 0.3 is 0 Å². The van der Waals surface area contributed by atoms with Crippen LogP contribution in [-0.2, 0) is 4.79 Å². The molecule has 0 spiro atoms. The number of allylic oxidation sites excluding steroid dienone is 3. The van der Waals surface area contributed by atoms with Crippen molar-refractivity contribution in [2.45, 2.75) is 40.0 Å². The molecule has 1 rings (SSSR count). The molecule has 0 aromatic rings. The van der Waals surface area contributed by atoms with Gasteiger partial charge in [-0.25, -0.2) is 0 Å². The molecule has 0 fully saturated rings. The first kappa shape index (κ1) is 12.9. The zero-order valence-corrected chi connectivity index (χ0v) is 9.47. The molecule has 1 amide bonds. The summed E-state index contributed by atoms with van der Waals surface area (Å²) in [5.41, 5.74) is 0.908. The predicted octanol–water partition coefficient (Wildman–Crippen LogP) is 2.82. The fourth-order valence-electron chi connectivity index (χ4n) is 1.14. The van der Waals surface area contributed by atoms with Gasteiger partial charge in [0.1, 0.15) is 0 Å². The summed E-state index contributed by atoms with van der Waals surface area (Å²) in [6.07, 6.45) is 8.79. The molecule has 0 aliphatic heterocycles. The average molecular weight is 195 g/mol. The van der Waals surface area contributed by atoms with Gasteiger partial charge in [0.25, 0.3) is 0 Å². The van der Waals surface area contributed by atoms with Crippen LogP contribution in [0.5, 0.6) is 0 Å². The maximum Gasteiger partial charge on any atom is 0.247 e. The summed E-state index contributed by atoms with van der Waals surface area (Å²) in [6, 6.07) is 0. The number of carbonyl (C=O) groups is 1. The van der Waals surface area contributed by atoms with Gasteiger partial charge in [-0.1, -0.05) is 39.0 Å². The summed E-state index contributed by atoms with van der Waals surface area (Å²) < 4.78 is 0. The Morgan fingerprint density at radius 1 is 1.50 bits per heavy atom. The Labute approximate surface area is 87.1 Å². The van der Waals surface area contributed by atoms with Gasteiger partial charge in [-0.3, -0.25) is 4.79 Å². The molecule has 0 saturated heterocycles. The Morgan fingerprint density at radius 3 is 2.71 bits per heavy atom. The molecular formula is C12H21NO. The van der Waals surface area contributed by atoms with Crippen LogP contribution in [0.1, 0.15) is 40.0 Å². The van der Waals surface area contributed by atoms with E-state index in [-0.39, 0.29) is 5.91 Å². The fourth-order valence-corrected chi connectivity index (χ4v) is 1.14. The molecule has 80 valence electrons. The largest absolute Gasteiger partial charge is 0.352 e. The first-order chi connectivity index (χ1) is 6.84. The first-order valence-corrected chi connectivity index (χ1v) is 5.48. The van der Waals surface area contributed by atoms with E-state index in [1.165, 1.54) is 0 Å². The minimum absolute atomic E-state index is 0.0983. The number of carbonyl (C=O) groups excluding carboxylic acids is 1. The zero-order chi connectivity index (χ0) is 10.8. The predicted molar refractivity (Wildman–Crippen MR) is 61.1 cm³/mol. The molecule has 1 N–H and O–H groups in total. The van der Waals surface area contributed by atoms with Crippen LogP contribution >= 0.6 is 0 Å². The second-order valence-electron chi connectivity index (χ2n) is 2.91. The Morgan fingerprint density at radius 2 is 2.21 bits per heavy atom. The van der Waals surface area contributed by atoms with Crippen LogP contribution in [0.4, 0.5) is 0 Å². The van der Waals surface area contributed by atoms with Crippen molar-refractivity contribution in [3.63, 3.8) is 0 Å². The normalized spacial score (nSPS) is 13.8. The van der Waals surface area contributed by atoms with Gasteiger partial charge in [0.15, 0.2) is 0 Å². The second-order valence-corrected chi connectivity index (χ2v) is 2.91. The van der Waals surface area contributed by atoms with Gasteiger partial charge in [0.05, 0.1) is 0 Å². The molecule has 0 radical (unpaired) electrons. The van der Waals surface area contributed by atoms with E-state index < -0.39 is 0 Å². The number of hydrogen-bond acceptors (Lipinski definition) is 1. The molecular weight excluding hydrogens is 174 g/mol. The Kier molecular flexibility index (Phi) is 7.90. The molecule has 14 heavy (non-hydrogen) atoms. The third-order valence-electron chi connectivity index (χ3n) is 1.84. The second kappa shape index (κ2) is 8.54. The summed E-state index contributed by atoms with van der Waals surface area (Å²) in [5.74, 6) is 0.0983. The van der Waals surface area contributed by atoms with E-state index in [1.807, 2.05) is 26.0 Å². The van der Waals surface area contributed by atoms with E-state index in [0.717, 1.165) is 31.4 Å². The first-order valence-electron chi connectivity index (χ1n) is 5.48. The number of rotatable bonds is 3. The third-order valence-corrected chi connectivity index (χ3v) is 1.84. The van der Waals surface area contributed by atoms with Gasteiger partial charge in [0.2, 0.25) is 5.91 Å². The van der Waals surface area contributed by atoms with Crippen molar-refractivity contribution in [1.29, 1.82) is 0 Å². The molecule has 1 aliphatic rings. The summed E-state index contributed by atoms with van der Waals surface area (Å²) >= 11 is 0. The smallest absolute Gasteiger partial charge is 0.247 e. The van der Waals surface area contributed by atoms with Crippen molar-refractivity contribution < 1.29 is 4.79 Å². The van der Waals surface area contributed by atoms with E-state index in [4.69, 9.17) is 0 Å². The molecule has 0 unspecified atom stereocenters. The zero-order valence-electron chi connectivity index (χ0n) is 9.47. The lowest BCUT2D eigenvalue weighted by Gasteiger charge is -2.08. The van der Waals surface area contributed by atoms with Crippen molar-refractivity contribution in [3.8, 4) is 0 Å². The van der Waals surface area contributed by atoms with Gasteiger partial charge < -0.3 is 5.32 Å². The van der Waals surface area contributed by atoms with Crippen LogP contribution < -0.4 is 5.32 Å². The summed E-state index contributed by atoms with van der Waals surface area (Å²) in [4.78, 5) is 11.3. The molecule has 0 atom stereocenters. The van der Waals surface area contributed by atoms with Crippen molar-refractivity contribution in [1.82, 2.24) is 5.32 Å². The minimum atomic E-state index is 0.0983. The average Bonchev–Trinajstić information content (AvgIpc) is 2.30. The summed E-state index contributed by atoms with van der Waals surface area (Å²) in [7, 11) is 0. The topological polar surface area (TPSA) is 29.1 Å². The van der Waals surface area contributed by atoms with E-state index in [2.05, 4.69) is 18.3 Å². The SMILES string of the molecule is CC.CCCNC(=O)C1=CC=CCC1. The van der Waals surface area contributed by atoms with Crippen LogP contribution in [0.25, 0.3) is 0 Å². The van der Waals surface area contributed by atoms with Crippen molar-refractivity contribution in [2.75, 3.05) is 6.54 Å². The number of amides is 1. The van der Waals surface area contributed by atoms with Gasteiger partial charge in [-0.05, 0) is 19.3 Å². The molecule has 0 saturated carbocycles. The monoisotopic (exact) mass is 195 g/mol. The summed E-state index contributed by atoms with van der Waals surface area (Å²) in [5, 5.41) is 2.86. The van der Waals surface area contributed by atoms with Gasteiger partial charge in [-0.2, -0.15) is 0 Å². The molecule has 0 heterocycles. The Balaban J connectivity index is 0.000000791. The standard InChI is InChI=1S/C10H15NO.C2H6/c1-2-8-11-10(12)9-6-4-3-5-7-9;1-2/h3-4,6H,2,5,7-8H2,1H3,(H,11,12);1-2H3. The fraction of sp³-hybridized carbons (Fsp3) is 0.583. The van der Waals surface area contributed by atoms with E-state index in [9.17, 15) is 4.79 Å². The number of nitrogens with one attached hydrogen (secondary N) is 1. The lowest BCUT2D eigenvalue weighted by Crippen LogP contribution is -2.25. The van der Waals surface area contributed by atoms with Crippen LogP contribution in [0.2, 0.25) is 0 Å². The Bertz CT molecular complexity index is 216. The third kappa shape index (κ3) is 4.85. The molecule has 2 nitrogen and oxygen atoms in total. The molecule has 0 aromatic carbocycles. The maximum atomic E-state index is 11.3. The van der Waals surface area contributed by atoms with E-state index in [1.54, 1.807) is 0 Å². The molecule has 1 aliphatic carbocycles. The van der Waals surface area contributed by atoms with Crippen molar-refractivity contribution >= 4 is 5.91 Å². The highest BCUT2D eigenvalue weighted by atomic mass is 16.1. The van der Waals surface area contributed by atoms with Crippen molar-refractivity contribution in [3.05, 3.63) is 23.8 Å². The van der Waals surface area contributed by atoms with Gasteiger partial charge in [0, 0.05) is 12.1 Å². The highest BCUT2D eigenvalue weighted by molar-refractivity contribution is 5.93. The number of hydrogen-bond donors (Lipinski definition) is 1. The lowest BCUT2D eigenvalue weighted by atomic mass is 10.0. The quantitative estimate of drug-likeness (QED) is 0.737. The van der Waals surface area contributed by atoms with Crippen molar-refractivity contribution in [2.24, 2.45) is 0 Å². The molecule has 0 aromatic heterocycles. The minimum Gasteiger partial charge on any atom is -0.352 e. The maximum absolute atomic E-state index is 11.3. The van der Waals surface area contributed by atoms with E-state index >= 15 is 0 Å². The molecule has 0 bridgehead atoms. The van der Waals surface area contributed by atoms with E-state index in [0.29, 0.717) is 0 Å². The highest BCUT2D eigenvalue weighted by Crippen LogP contribution is 2.11. The van der Waals surface area contributed by atoms with Crippen LogP contribution in [0.15, 0.2) is 23.8 Å². The van der Waals surface area contributed by atoms with Crippen LogP contribution in [0.3, 0.4) is 0 Å². The highest BCUT2D eigenvalue weighted by Gasteiger charge is 2.07. The van der Waals surface area contributed by atoms with Crippen LogP contribution in [-0.4, -0.2) is 12.5 Å². The molecule has 2 heteroatoms. The van der Waals surface area contributed by atoms with Gasteiger partial charge in [-0.15, -0.1) is 0 Å². The summed E-state index contributed by atoms with van der Waals surface area (Å²) in [6.45, 7) is 6.83. The Hall–Kier alpha value is -1.05. The van der Waals surface area contributed by atoms with Crippen LogP contribution in [0, 0.1) is 0 Å². The lowest BCUT2D eigenvalue weighted by molar-refractivity contribution is -0.117.